The first kappa shape index (κ1) is 20.8. The molecule has 0 heterocycles. The second kappa shape index (κ2) is 9.04. The number of hydrogen-bond donors (Lipinski definition) is 0. The van der Waals surface area contributed by atoms with Gasteiger partial charge in [-0.15, -0.1) is 0 Å². The fourth-order valence-corrected chi connectivity index (χ4v) is 4.81. The summed E-state index contributed by atoms with van der Waals surface area (Å²) in [6, 6.07) is 15.5. The summed E-state index contributed by atoms with van der Waals surface area (Å²) in [5.74, 6) is 0.749. The van der Waals surface area contributed by atoms with Gasteiger partial charge in [-0.2, -0.15) is 0 Å². The molecule has 0 bridgehead atoms. The molecule has 0 spiro atoms. The van der Waals surface area contributed by atoms with Gasteiger partial charge in [-0.1, -0.05) is 67.8 Å². The molecule has 0 atom stereocenters. The molecule has 3 rings (SSSR count). The maximum atomic E-state index is 12.6. The molecule has 0 saturated heterocycles. The third kappa shape index (κ3) is 5.32. The van der Waals surface area contributed by atoms with Crippen molar-refractivity contribution >= 4 is 15.6 Å². The lowest BCUT2D eigenvalue weighted by Gasteiger charge is -2.22. The van der Waals surface area contributed by atoms with Gasteiger partial charge < -0.3 is 0 Å². The summed E-state index contributed by atoms with van der Waals surface area (Å²) < 4.78 is 24.1. The van der Waals surface area contributed by atoms with Crippen molar-refractivity contribution in [3.8, 4) is 0 Å². The lowest BCUT2D eigenvalue weighted by atomic mass is 9.84. The highest BCUT2D eigenvalue weighted by molar-refractivity contribution is 7.91. The van der Waals surface area contributed by atoms with Crippen molar-refractivity contribution in [1.82, 2.24) is 0 Å². The van der Waals surface area contributed by atoms with Crippen LogP contribution in [0, 0.1) is 0 Å². The molecule has 0 N–H and O–H groups in total. The molecular formula is C24H30O3S. The van der Waals surface area contributed by atoms with Crippen molar-refractivity contribution in [3.63, 3.8) is 0 Å². The standard InChI is InChI=1S/C24H30O3S/c1-18(2)28(26,27)17-20-10-14-23(15-11-20)24(25)16-19-8-12-22(13-9-19)21-6-4-3-5-7-21/h8-15,18,21H,3-7,16-17H2,1-2H3. The van der Waals surface area contributed by atoms with Crippen LogP contribution in [-0.2, 0) is 22.0 Å². The molecule has 1 aliphatic rings. The molecule has 3 nitrogen and oxygen atoms in total. The minimum Gasteiger partial charge on any atom is -0.294 e. The van der Waals surface area contributed by atoms with Gasteiger partial charge in [-0.3, -0.25) is 4.79 Å². The van der Waals surface area contributed by atoms with Gasteiger partial charge in [0.25, 0.3) is 0 Å². The number of carbonyl (C=O) groups is 1. The molecule has 1 fully saturated rings. The fourth-order valence-electron chi connectivity index (χ4n) is 3.82. The first-order valence-corrected chi connectivity index (χ1v) is 12.0. The third-order valence-corrected chi connectivity index (χ3v) is 7.96. The summed E-state index contributed by atoms with van der Waals surface area (Å²) >= 11 is 0. The highest BCUT2D eigenvalue weighted by Crippen LogP contribution is 2.32. The first-order chi connectivity index (χ1) is 13.3. The molecule has 2 aromatic carbocycles. The third-order valence-electron chi connectivity index (χ3n) is 5.78. The Bertz CT molecular complexity index is 888. The normalized spacial score (nSPS) is 15.7. The summed E-state index contributed by atoms with van der Waals surface area (Å²) in [6.07, 6.45) is 6.91. The van der Waals surface area contributed by atoms with Gasteiger partial charge >= 0.3 is 0 Å². The monoisotopic (exact) mass is 398 g/mol. The number of benzene rings is 2. The summed E-state index contributed by atoms with van der Waals surface area (Å²) in [5.41, 5.74) is 3.77. The quantitative estimate of drug-likeness (QED) is 0.580. The fraction of sp³-hybridized carbons (Fsp3) is 0.458. The molecule has 0 radical (unpaired) electrons. The highest BCUT2D eigenvalue weighted by Gasteiger charge is 2.18. The molecule has 2 aromatic rings. The lowest BCUT2D eigenvalue weighted by molar-refractivity contribution is 0.0993. The van der Waals surface area contributed by atoms with Gasteiger partial charge in [-0.25, -0.2) is 8.42 Å². The largest absolute Gasteiger partial charge is 0.294 e. The zero-order valence-electron chi connectivity index (χ0n) is 16.9. The van der Waals surface area contributed by atoms with Crippen LogP contribution in [0.2, 0.25) is 0 Å². The Labute approximate surface area is 169 Å². The molecule has 0 amide bonds. The van der Waals surface area contributed by atoms with Crippen LogP contribution in [0.4, 0.5) is 0 Å². The molecule has 28 heavy (non-hydrogen) atoms. The van der Waals surface area contributed by atoms with Crippen LogP contribution in [-0.4, -0.2) is 19.5 Å². The van der Waals surface area contributed by atoms with Crippen molar-refractivity contribution in [2.24, 2.45) is 0 Å². The second-order valence-electron chi connectivity index (χ2n) is 8.23. The van der Waals surface area contributed by atoms with Crippen LogP contribution in [0.3, 0.4) is 0 Å². The number of Topliss-reactive ketones (excluding diaryl/α,β-unsaturated/α-hetero) is 1. The van der Waals surface area contributed by atoms with E-state index in [9.17, 15) is 13.2 Å². The van der Waals surface area contributed by atoms with Crippen molar-refractivity contribution in [3.05, 3.63) is 70.8 Å². The Morgan fingerprint density at radius 3 is 2.04 bits per heavy atom. The van der Waals surface area contributed by atoms with Crippen LogP contribution < -0.4 is 0 Å². The Morgan fingerprint density at radius 1 is 0.893 bits per heavy atom. The highest BCUT2D eigenvalue weighted by atomic mass is 32.2. The Balaban J connectivity index is 1.61. The second-order valence-corrected chi connectivity index (χ2v) is 10.8. The van der Waals surface area contributed by atoms with E-state index in [1.807, 2.05) is 0 Å². The van der Waals surface area contributed by atoms with Crippen LogP contribution in [0.15, 0.2) is 48.5 Å². The van der Waals surface area contributed by atoms with E-state index in [4.69, 9.17) is 0 Å². The maximum Gasteiger partial charge on any atom is 0.167 e. The number of sulfone groups is 1. The summed E-state index contributed by atoms with van der Waals surface area (Å²) in [7, 11) is -3.13. The van der Waals surface area contributed by atoms with Gasteiger partial charge in [0.1, 0.15) is 0 Å². The van der Waals surface area contributed by atoms with E-state index in [0.717, 1.165) is 11.1 Å². The molecule has 0 aromatic heterocycles. The van der Waals surface area contributed by atoms with Crippen LogP contribution >= 0.6 is 0 Å². The van der Waals surface area contributed by atoms with Gasteiger partial charge in [0.2, 0.25) is 0 Å². The van der Waals surface area contributed by atoms with Crippen molar-refractivity contribution in [2.45, 2.75) is 69.3 Å². The minimum atomic E-state index is -3.13. The number of rotatable bonds is 7. The summed E-state index contributed by atoms with van der Waals surface area (Å²) in [5, 5.41) is -0.398. The molecule has 1 aliphatic carbocycles. The Hall–Kier alpha value is -1.94. The van der Waals surface area contributed by atoms with Gasteiger partial charge in [-0.05, 0) is 49.3 Å². The lowest BCUT2D eigenvalue weighted by Crippen LogP contribution is -2.16. The van der Waals surface area contributed by atoms with E-state index >= 15 is 0 Å². The Kier molecular flexibility index (Phi) is 6.71. The van der Waals surface area contributed by atoms with Crippen molar-refractivity contribution in [2.75, 3.05) is 0 Å². The number of carbonyl (C=O) groups excluding carboxylic acids is 1. The zero-order valence-corrected chi connectivity index (χ0v) is 17.7. The van der Waals surface area contributed by atoms with E-state index in [2.05, 4.69) is 24.3 Å². The van der Waals surface area contributed by atoms with Crippen molar-refractivity contribution in [1.29, 1.82) is 0 Å². The van der Waals surface area contributed by atoms with E-state index in [1.165, 1.54) is 37.7 Å². The smallest absolute Gasteiger partial charge is 0.167 e. The predicted molar refractivity (Wildman–Crippen MR) is 115 cm³/mol. The molecule has 0 unspecified atom stereocenters. The zero-order chi connectivity index (χ0) is 20.1. The predicted octanol–water partition coefficient (Wildman–Crippen LogP) is 5.48. The topological polar surface area (TPSA) is 51.2 Å². The van der Waals surface area contributed by atoms with Crippen LogP contribution in [0.25, 0.3) is 0 Å². The van der Waals surface area contributed by atoms with E-state index in [-0.39, 0.29) is 11.5 Å². The molecule has 1 saturated carbocycles. The van der Waals surface area contributed by atoms with E-state index in [1.54, 1.807) is 38.1 Å². The average molecular weight is 399 g/mol. The molecule has 4 heteroatoms. The van der Waals surface area contributed by atoms with Crippen LogP contribution in [0.5, 0.6) is 0 Å². The average Bonchev–Trinajstić information content (AvgIpc) is 2.69. The summed E-state index contributed by atoms with van der Waals surface area (Å²) in [4.78, 5) is 12.6. The molecular weight excluding hydrogens is 368 g/mol. The summed E-state index contributed by atoms with van der Waals surface area (Å²) in [6.45, 7) is 3.37. The maximum absolute atomic E-state index is 12.6. The number of hydrogen-bond acceptors (Lipinski definition) is 3. The minimum absolute atomic E-state index is 0.0156. The Morgan fingerprint density at radius 2 is 1.46 bits per heavy atom. The molecule has 150 valence electrons. The first-order valence-electron chi connectivity index (χ1n) is 10.3. The van der Waals surface area contributed by atoms with Crippen LogP contribution in [0.1, 0.15) is 78.9 Å². The van der Waals surface area contributed by atoms with Gasteiger partial charge in [0.05, 0.1) is 11.0 Å². The number of ketones is 1. The SMILES string of the molecule is CC(C)S(=O)(=O)Cc1ccc(C(=O)Cc2ccc(C3CCCCC3)cc2)cc1. The van der Waals surface area contributed by atoms with Crippen molar-refractivity contribution < 1.29 is 13.2 Å². The van der Waals surface area contributed by atoms with Gasteiger partial charge in [0, 0.05) is 12.0 Å². The van der Waals surface area contributed by atoms with Gasteiger partial charge in [0.15, 0.2) is 15.6 Å². The molecule has 0 aliphatic heterocycles. The van der Waals surface area contributed by atoms with E-state index < -0.39 is 15.1 Å². The van der Waals surface area contributed by atoms with E-state index in [0.29, 0.717) is 17.9 Å².